The number of carbonyl (C=O) groups excluding carboxylic acids is 1. The molecule has 19 heavy (non-hydrogen) atoms. The van der Waals surface area contributed by atoms with Gasteiger partial charge in [0.05, 0.1) is 6.54 Å². The van der Waals surface area contributed by atoms with Crippen molar-refractivity contribution >= 4 is 5.91 Å². The van der Waals surface area contributed by atoms with Gasteiger partial charge >= 0.3 is 0 Å². The summed E-state index contributed by atoms with van der Waals surface area (Å²) in [5.41, 5.74) is 3.24. The van der Waals surface area contributed by atoms with E-state index < -0.39 is 0 Å². The van der Waals surface area contributed by atoms with E-state index in [9.17, 15) is 4.79 Å². The fourth-order valence-electron chi connectivity index (χ4n) is 2.54. The molecule has 0 aromatic heterocycles. The Morgan fingerprint density at radius 2 is 2.37 bits per heavy atom. The summed E-state index contributed by atoms with van der Waals surface area (Å²) in [6, 6.07) is 5.97. The summed E-state index contributed by atoms with van der Waals surface area (Å²) in [5.74, 6) is 2.64. The molecule has 0 spiro atoms. The highest BCUT2D eigenvalue weighted by Gasteiger charge is 2.20. The lowest BCUT2D eigenvalue weighted by Crippen LogP contribution is -2.34. The molecule has 100 valence electrons. The molecule has 0 fully saturated rings. The fraction of sp³-hybridized carbons (Fsp3) is 0.438. The van der Waals surface area contributed by atoms with Gasteiger partial charge in [0.2, 0.25) is 0 Å². The van der Waals surface area contributed by atoms with Crippen LogP contribution in [0.5, 0.6) is 0 Å². The molecule has 1 heterocycles. The predicted molar refractivity (Wildman–Crippen MR) is 76.9 cm³/mol. The van der Waals surface area contributed by atoms with Crippen LogP contribution >= 0.6 is 0 Å². The van der Waals surface area contributed by atoms with Gasteiger partial charge in [0.25, 0.3) is 5.91 Å². The van der Waals surface area contributed by atoms with Gasteiger partial charge in [-0.15, -0.1) is 6.42 Å². The Morgan fingerprint density at radius 3 is 3.11 bits per heavy atom. The minimum atomic E-state index is 0.0681. The molecule has 1 N–H and O–H groups in total. The van der Waals surface area contributed by atoms with E-state index in [1.807, 2.05) is 12.1 Å². The maximum absolute atomic E-state index is 12.6. The highest BCUT2D eigenvalue weighted by Crippen LogP contribution is 2.20. The van der Waals surface area contributed by atoms with Gasteiger partial charge in [-0.25, -0.2) is 0 Å². The van der Waals surface area contributed by atoms with Crippen LogP contribution in [-0.2, 0) is 13.0 Å². The summed E-state index contributed by atoms with van der Waals surface area (Å²) >= 11 is 0. The minimum absolute atomic E-state index is 0.0681. The second-order valence-corrected chi connectivity index (χ2v) is 4.80. The second-order valence-electron chi connectivity index (χ2n) is 4.80. The van der Waals surface area contributed by atoms with Gasteiger partial charge < -0.3 is 10.2 Å². The molecule has 1 aromatic carbocycles. The van der Waals surface area contributed by atoms with Gasteiger partial charge in [-0.1, -0.05) is 25.0 Å². The first-order valence-corrected chi connectivity index (χ1v) is 6.82. The third-order valence-corrected chi connectivity index (χ3v) is 3.43. The van der Waals surface area contributed by atoms with Crippen LogP contribution in [0.4, 0.5) is 0 Å². The summed E-state index contributed by atoms with van der Waals surface area (Å²) in [7, 11) is 0. The highest BCUT2D eigenvalue weighted by atomic mass is 16.2. The van der Waals surface area contributed by atoms with Crippen molar-refractivity contribution in [3.63, 3.8) is 0 Å². The fourth-order valence-corrected chi connectivity index (χ4v) is 2.54. The zero-order valence-corrected chi connectivity index (χ0v) is 11.4. The van der Waals surface area contributed by atoms with Gasteiger partial charge in [0.15, 0.2) is 0 Å². The van der Waals surface area contributed by atoms with Gasteiger partial charge in [-0.05, 0) is 36.6 Å². The van der Waals surface area contributed by atoms with E-state index >= 15 is 0 Å². The quantitative estimate of drug-likeness (QED) is 0.833. The lowest BCUT2D eigenvalue weighted by atomic mass is 9.94. The number of carbonyl (C=O) groups is 1. The van der Waals surface area contributed by atoms with Crippen molar-refractivity contribution in [2.75, 3.05) is 19.6 Å². The summed E-state index contributed by atoms with van der Waals surface area (Å²) in [6.07, 6.45) is 7.19. The van der Waals surface area contributed by atoms with Crippen molar-refractivity contribution < 1.29 is 4.79 Å². The summed E-state index contributed by atoms with van der Waals surface area (Å²) in [4.78, 5) is 14.4. The highest BCUT2D eigenvalue weighted by molar-refractivity contribution is 5.96. The van der Waals surface area contributed by atoms with Crippen LogP contribution in [0.3, 0.4) is 0 Å². The molecule has 0 aliphatic carbocycles. The van der Waals surface area contributed by atoms with Gasteiger partial charge in [-0.2, -0.15) is 0 Å². The number of hydrogen-bond acceptors (Lipinski definition) is 2. The van der Waals surface area contributed by atoms with E-state index in [1.54, 1.807) is 4.90 Å². The van der Waals surface area contributed by atoms with Crippen molar-refractivity contribution in [2.24, 2.45) is 0 Å². The zero-order chi connectivity index (χ0) is 13.7. The maximum Gasteiger partial charge on any atom is 0.254 e. The molecule has 1 aromatic rings. The number of benzene rings is 1. The molecule has 3 nitrogen and oxygen atoms in total. The first-order chi connectivity index (χ1) is 9.27. The molecule has 0 saturated heterocycles. The first-order valence-electron chi connectivity index (χ1n) is 6.82. The Morgan fingerprint density at radius 1 is 1.53 bits per heavy atom. The zero-order valence-electron chi connectivity index (χ0n) is 11.4. The summed E-state index contributed by atoms with van der Waals surface area (Å²) in [5, 5.41) is 3.33. The molecule has 0 atom stereocenters. The Hall–Kier alpha value is -1.79. The summed E-state index contributed by atoms with van der Waals surface area (Å²) in [6.45, 7) is 4.93. The van der Waals surface area contributed by atoms with Gasteiger partial charge in [0, 0.05) is 18.7 Å². The average molecular weight is 256 g/mol. The third kappa shape index (κ3) is 2.97. The van der Waals surface area contributed by atoms with Gasteiger partial charge in [-0.3, -0.25) is 4.79 Å². The molecule has 1 aliphatic heterocycles. The van der Waals surface area contributed by atoms with Crippen molar-refractivity contribution in [1.29, 1.82) is 0 Å². The lowest BCUT2D eigenvalue weighted by molar-refractivity contribution is 0.0775. The number of fused-ring (bicyclic) bond motifs is 1. The molecule has 2 rings (SSSR count). The number of nitrogens with one attached hydrogen (secondary N) is 1. The number of amides is 1. The summed E-state index contributed by atoms with van der Waals surface area (Å²) < 4.78 is 0. The maximum atomic E-state index is 12.6. The molecular weight excluding hydrogens is 236 g/mol. The SMILES string of the molecule is C#CCN(CCC)C(=O)c1cccc2c1CCNC2. The normalized spacial score (nSPS) is 13.5. The third-order valence-electron chi connectivity index (χ3n) is 3.43. The van der Waals surface area contributed by atoms with E-state index in [2.05, 4.69) is 24.2 Å². The monoisotopic (exact) mass is 256 g/mol. The van der Waals surface area contributed by atoms with E-state index in [-0.39, 0.29) is 5.91 Å². The second kappa shape index (κ2) is 6.40. The molecule has 0 bridgehead atoms. The van der Waals surface area contributed by atoms with Crippen LogP contribution in [0.2, 0.25) is 0 Å². The average Bonchev–Trinajstić information content (AvgIpc) is 2.46. The number of hydrogen-bond donors (Lipinski definition) is 1. The first kappa shape index (κ1) is 13.6. The predicted octanol–water partition coefficient (Wildman–Crippen LogP) is 1.82. The van der Waals surface area contributed by atoms with Crippen molar-refractivity contribution in [2.45, 2.75) is 26.3 Å². The lowest BCUT2D eigenvalue weighted by Gasteiger charge is -2.24. The molecule has 0 unspecified atom stereocenters. The van der Waals surface area contributed by atoms with Gasteiger partial charge in [0.1, 0.15) is 0 Å². The molecular formula is C16H20N2O. The van der Waals surface area contributed by atoms with E-state index in [4.69, 9.17) is 6.42 Å². The standard InChI is InChI=1S/C16H20N2O/c1-3-10-18(11-4-2)16(19)15-7-5-6-13-12-17-9-8-14(13)15/h1,5-7,17H,4,8-12H2,2H3. The van der Waals surface area contributed by atoms with E-state index in [1.165, 1.54) is 11.1 Å². The molecule has 0 saturated carbocycles. The van der Waals surface area contributed by atoms with Crippen LogP contribution in [0.1, 0.15) is 34.8 Å². The molecule has 1 aliphatic rings. The Kier molecular flexibility index (Phi) is 4.59. The molecule has 0 radical (unpaired) electrons. The number of terminal acetylenes is 1. The largest absolute Gasteiger partial charge is 0.328 e. The van der Waals surface area contributed by atoms with Crippen molar-refractivity contribution in [1.82, 2.24) is 10.2 Å². The Balaban J connectivity index is 2.30. The number of rotatable bonds is 4. The Bertz CT molecular complexity index is 502. The van der Waals surface area contributed by atoms with Crippen LogP contribution in [0.15, 0.2) is 18.2 Å². The Labute approximate surface area is 115 Å². The van der Waals surface area contributed by atoms with Crippen molar-refractivity contribution in [3.8, 4) is 12.3 Å². The van der Waals surface area contributed by atoms with Crippen LogP contribution in [0.25, 0.3) is 0 Å². The van der Waals surface area contributed by atoms with Crippen LogP contribution in [-0.4, -0.2) is 30.4 Å². The minimum Gasteiger partial charge on any atom is -0.328 e. The smallest absolute Gasteiger partial charge is 0.254 e. The molecule has 1 amide bonds. The topological polar surface area (TPSA) is 32.3 Å². The molecule has 3 heteroatoms. The number of nitrogens with zero attached hydrogens (tertiary/aromatic N) is 1. The van der Waals surface area contributed by atoms with E-state index in [0.29, 0.717) is 13.1 Å². The van der Waals surface area contributed by atoms with Crippen molar-refractivity contribution in [3.05, 3.63) is 34.9 Å². The van der Waals surface area contributed by atoms with Crippen LogP contribution < -0.4 is 5.32 Å². The van der Waals surface area contributed by atoms with E-state index in [0.717, 1.165) is 31.5 Å². The van der Waals surface area contributed by atoms with Crippen LogP contribution in [0, 0.1) is 12.3 Å².